The van der Waals surface area contributed by atoms with Gasteiger partial charge in [0, 0.05) is 26.2 Å². The van der Waals surface area contributed by atoms with Gasteiger partial charge in [-0.3, -0.25) is 0 Å². The zero-order valence-electron chi connectivity index (χ0n) is 10.4. The van der Waals surface area contributed by atoms with Crippen molar-refractivity contribution < 1.29 is 5.11 Å². The molecule has 1 atom stereocenters. The number of nitrogens with zero attached hydrogens (tertiary/aromatic N) is 1. The predicted octanol–water partition coefficient (Wildman–Crippen LogP) is 3.76. The summed E-state index contributed by atoms with van der Waals surface area (Å²) in [6.45, 7) is 2.12. The smallest absolute Gasteiger partial charge is 0.0807 e. The summed E-state index contributed by atoms with van der Waals surface area (Å²) < 4.78 is 3.53. The molecule has 0 fully saturated rings. The van der Waals surface area contributed by atoms with Crippen molar-refractivity contribution in [1.82, 2.24) is 4.57 Å². The van der Waals surface area contributed by atoms with E-state index < -0.39 is 0 Å². The van der Waals surface area contributed by atoms with Crippen molar-refractivity contribution in [3.05, 3.63) is 50.9 Å². The summed E-state index contributed by atoms with van der Waals surface area (Å²) in [5.41, 5.74) is 4.82. The topological polar surface area (TPSA) is 25.2 Å². The summed E-state index contributed by atoms with van der Waals surface area (Å²) in [6, 6.07) is 10.6. The van der Waals surface area contributed by atoms with E-state index in [1.165, 1.54) is 20.6 Å². The van der Waals surface area contributed by atoms with E-state index in [9.17, 15) is 5.11 Å². The molecule has 2 aromatic rings. The van der Waals surface area contributed by atoms with E-state index in [1.54, 1.807) is 0 Å². The maximum Gasteiger partial charge on any atom is 0.0807 e. The van der Waals surface area contributed by atoms with E-state index in [4.69, 9.17) is 0 Å². The molecular weight excluding hydrogens is 337 g/mol. The molecule has 1 unspecified atom stereocenters. The zero-order valence-corrected chi connectivity index (χ0v) is 12.5. The van der Waals surface area contributed by atoms with Crippen molar-refractivity contribution in [3.8, 4) is 5.69 Å². The third kappa shape index (κ3) is 1.99. The molecule has 1 aromatic carbocycles. The van der Waals surface area contributed by atoms with Crippen LogP contribution in [0.3, 0.4) is 0 Å². The van der Waals surface area contributed by atoms with Gasteiger partial charge in [0.05, 0.1) is 6.10 Å². The van der Waals surface area contributed by atoms with Gasteiger partial charge in [0.1, 0.15) is 0 Å². The Morgan fingerprint density at radius 2 is 2.17 bits per heavy atom. The molecule has 1 aromatic heterocycles. The fourth-order valence-corrected chi connectivity index (χ4v) is 3.38. The Morgan fingerprint density at radius 1 is 1.33 bits per heavy atom. The molecule has 0 radical (unpaired) electrons. The van der Waals surface area contributed by atoms with Crippen LogP contribution in [0.25, 0.3) is 5.69 Å². The second-order valence-electron chi connectivity index (χ2n) is 4.91. The van der Waals surface area contributed by atoms with Gasteiger partial charge in [-0.25, -0.2) is 0 Å². The Labute approximate surface area is 121 Å². The van der Waals surface area contributed by atoms with E-state index >= 15 is 0 Å². The lowest BCUT2D eigenvalue weighted by Crippen LogP contribution is -2.11. The first-order valence-electron chi connectivity index (χ1n) is 6.32. The minimum Gasteiger partial charge on any atom is -0.388 e. The zero-order chi connectivity index (χ0) is 12.7. The quantitative estimate of drug-likeness (QED) is 0.776. The molecule has 1 N–H and O–H groups in total. The number of aromatic nitrogens is 1. The molecule has 0 spiro atoms. The largest absolute Gasteiger partial charge is 0.388 e. The van der Waals surface area contributed by atoms with Crippen LogP contribution in [-0.2, 0) is 6.42 Å². The Morgan fingerprint density at radius 3 is 2.94 bits per heavy atom. The number of aliphatic hydroxyl groups is 1. The molecule has 3 heteroatoms. The molecule has 1 heterocycles. The number of benzene rings is 1. The first-order valence-corrected chi connectivity index (χ1v) is 7.40. The summed E-state index contributed by atoms with van der Waals surface area (Å²) in [5.74, 6) is 0. The van der Waals surface area contributed by atoms with Gasteiger partial charge in [0.25, 0.3) is 0 Å². The molecule has 1 aliphatic rings. The Kier molecular flexibility index (Phi) is 3.20. The predicted molar refractivity (Wildman–Crippen MR) is 81.1 cm³/mol. The third-order valence-electron chi connectivity index (χ3n) is 3.64. The van der Waals surface area contributed by atoms with Crippen LogP contribution in [0, 0.1) is 10.5 Å². The van der Waals surface area contributed by atoms with Crippen LogP contribution in [0.15, 0.2) is 30.3 Å². The lowest BCUT2D eigenvalue weighted by Gasteiger charge is -2.20. The highest BCUT2D eigenvalue weighted by atomic mass is 127. The van der Waals surface area contributed by atoms with Crippen molar-refractivity contribution in [2.45, 2.75) is 32.3 Å². The van der Waals surface area contributed by atoms with Gasteiger partial charge in [-0.05, 0) is 73.0 Å². The van der Waals surface area contributed by atoms with E-state index in [2.05, 4.69) is 64.4 Å². The van der Waals surface area contributed by atoms with Gasteiger partial charge in [0.2, 0.25) is 0 Å². The van der Waals surface area contributed by atoms with Gasteiger partial charge in [-0.15, -0.1) is 0 Å². The molecule has 0 amide bonds. The molecule has 3 rings (SSSR count). The SMILES string of the molecule is Cc1cc2c(n1-c1cccc(I)c1)CCCC2O. The summed E-state index contributed by atoms with van der Waals surface area (Å²) in [4.78, 5) is 0. The number of rotatable bonds is 1. The molecule has 1 aliphatic carbocycles. The molecule has 0 saturated heterocycles. The van der Waals surface area contributed by atoms with Crippen molar-refractivity contribution in [3.63, 3.8) is 0 Å². The van der Waals surface area contributed by atoms with E-state index in [0.717, 1.165) is 24.8 Å². The number of hydrogen-bond donors (Lipinski definition) is 1. The normalized spacial score (nSPS) is 18.7. The monoisotopic (exact) mass is 353 g/mol. The summed E-state index contributed by atoms with van der Waals surface area (Å²) in [5, 5.41) is 10.1. The third-order valence-corrected chi connectivity index (χ3v) is 4.31. The van der Waals surface area contributed by atoms with Gasteiger partial charge in [0.15, 0.2) is 0 Å². The maximum absolute atomic E-state index is 10.1. The Hall–Kier alpha value is -0.810. The molecule has 0 bridgehead atoms. The Balaban J connectivity index is 2.18. The first kappa shape index (κ1) is 12.2. The second kappa shape index (κ2) is 4.70. The van der Waals surface area contributed by atoms with Crippen LogP contribution in [0.5, 0.6) is 0 Å². The fraction of sp³-hybridized carbons (Fsp3) is 0.333. The minimum absolute atomic E-state index is 0.281. The van der Waals surface area contributed by atoms with Gasteiger partial charge in [-0.2, -0.15) is 0 Å². The maximum atomic E-state index is 10.1. The fourth-order valence-electron chi connectivity index (χ4n) is 2.85. The van der Waals surface area contributed by atoms with Crippen LogP contribution >= 0.6 is 22.6 Å². The van der Waals surface area contributed by atoms with Crippen molar-refractivity contribution in [2.24, 2.45) is 0 Å². The standard InChI is InChI=1S/C15H16INO/c1-10-8-13-14(6-3-7-15(13)18)17(10)12-5-2-4-11(16)9-12/h2,4-5,8-9,15,18H,3,6-7H2,1H3. The van der Waals surface area contributed by atoms with Crippen molar-refractivity contribution in [1.29, 1.82) is 0 Å². The lowest BCUT2D eigenvalue weighted by molar-refractivity contribution is 0.156. The van der Waals surface area contributed by atoms with Crippen LogP contribution in [0.2, 0.25) is 0 Å². The van der Waals surface area contributed by atoms with Crippen LogP contribution < -0.4 is 0 Å². The number of aryl methyl sites for hydroxylation is 1. The lowest BCUT2D eigenvalue weighted by atomic mass is 9.95. The summed E-state index contributed by atoms with van der Waals surface area (Å²) in [6.07, 6.45) is 2.74. The molecule has 0 saturated carbocycles. The molecule has 2 nitrogen and oxygen atoms in total. The molecule has 0 aliphatic heterocycles. The van der Waals surface area contributed by atoms with Crippen molar-refractivity contribution >= 4 is 22.6 Å². The Bertz CT molecular complexity index is 588. The highest BCUT2D eigenvalue weighted by Gasteiger charge is 2.23. The average Bonchev–Trinajstić information content (AvgIpc) is 2.67. The van der Waals surface area contributed by atoms with Crippen LogP contribution in [0.1, 0.15) is 35.9 Å². The summed E-state index contributed by atoms with van der Waals surface area (Å²) >= 11 is 2.34. The van der Waals surface area contributed by atoms with E-state index in [0.29, 0.717) is 0 Å². The molecule has 94 valence electrons. The second-order valence-corrected chi connectivity index (χ2v) is 6.16. The summed E-state index contributed by atoms with van der Waals surface area (Å²) in [7, 11) is 0. The number of halogens is 1. The highest BCUT2D eigenvalue weighted by molar-refractivity contribution is 14.1. The van der Waals surface area contributed by atoms with Gasteiger partial charge < -0.3 is 9.67 Å². The first-order chi connectivity index (χ1) is 8.66. The number of hydrogen-bond acceptors (Lipinski definition) is 1. The molecular formula is C15H16INO. The highest BCUT2D eigenvalue weighted by Crippen LogP contribution is 2.34. The van der Waals surface area contributed by atoms with E-state index in [1.807, 2.05) is 0 Å². The number of fused-ring (bicyclic) bond motifs is 1. The van der Waals surface area contributed by atoms with Gasteiger partial charge >= 0.3 is 0 Å². The van der Waals surface area contributed by atoms with E-state index in [-0.39, 0.29) is 6.10 Å². The van der Waals surface area contributed by atoms with Gasteiger partial charge in [-0.1, -0.05) is 6.07 Å². The number of aliphatic hydroxyl groups excluding tert-OH is 1. The van der Waals surface area contributed by atoms with Crippen LogP contribution in [0.4, 0.5) is 0 Å². The average molecular weight is 353 g/mol. The molecule has 18 heavy (non-hydrogen) atoms. The minimum atomic E-state index is -0.281. The van der Waals surface area contributed by atoms with Crippen molar-refractivity contribution in [2.75, 3.05) is 0 Å². The van der Waals surface area contributed by atoms with Crippen LogP contribution in [-0.4, -0.2) is 9.67 Å².